The van der Waals surface area contributed by atoms with E-state index in [1.165, 1.54) is 0 Å². The maximum atomic E-state index is 14.2. The Morgan fingerprint density at radius 2 is 2.05 bits per heavy atom. The Hall–Kier alpha value is -1.46. The van der Waals surface area contributed by atoms with E-state index in [-0.39, 0.29) is 17.2 Å². The molecule has 2 fully saturated rings. The summed E-state index contributed by atoms with van der Waals surface area (Å²) in [7, 11) is 0. The maximum absolute atomic E-state index is 14.2. The second-order valence-electron chi connectivity index (χ2n) is 5.34. The molecule has 2 atom stereocenters. The molecule has 2 aliphatic heterocycles. The van der Waals surface area contributed by atoms with Crippen molar-refractivity contribution in [3.05, 3.63) is 35.1 Å². The number of fused-ring (bicyclic) bond motifs is 2. The van der Waals surface area contributed by atoms with Crippen molar-refractivity contribution in [1.29, 1.82) is 5.41 Å². The highest BCUT2D eigenvalue weighted by molar-refractivity contribution is 5.95. The van der Waals surface area contributed by atoms with E-state index in [1.54, 1.807) is 18.2 Å². The van der Waals surface area contributed by atoms with Crippen LogP contribution >= 0.6 is 0 Å². The minimum Gasteiger partial charge on any atom is -0.384 e. The second-order valence-corrected chi connectivity index (χ2v) is 5.34. The van der Waals surface area contributed by atoms with Gasteiger partial charge in [-0.25, -0.2) is 4.39 Å². The largest absolute Gasteiger partial charge is 0.384 e. The molecule has 3 rings (SSSR count). The average Bonchev–Trinajstić information content (AvgIpc) is 2.71. The first kappa shape index (κ1) is 12.6. The summed E-state index contributed by atoms with van der Waals surface area (Å²) in [4.78, 5) is 2.23. The van der Waals surface area contributed by atoms with Gasteiger partial charge in [-0.05, 0) is 18.9 Å². The lowest BCUT2D eigenvalue weighted by atomic mass is 10.1. The third kappa shape index (κ3) is 2.48. The summed E-state index contributed by atoms with van der Waals surface area (Å²) >= 11 is 0. The minimum atomic E-state index is -0.367. The molecular weight excluding hydrogens is 245 g/mol. The van der Waals surface area contributed by atoms with Gasteiger partial charge in [0.05, 0.1) is 17.8 Å². The van der Waals surface area contributed by atoms with Crippen LogP contribution in [0.15, 0.2) is 18.2 Å². The second kappa shape index (κ2) is 4.90. The van der Waals surface area contributed by atoms with Crippen molar-refractivity contribution in [2.45, 2.75) is 31.6 Å². The molecule has 0 aromatic heterocycles. The summed E-state index contributed by atoms with van der Waals surface area (Å²) < 4.78 is 20.0. The number of nitrogens with zero attached hydrogens (tertiary/aromatic N) is 1. The van der Waals surface area contributed by atoms with Crippen LogP contribution < -0.4 is 5.73 Å². The molecule has 0 saturated carbocycles. The molecule has 3 N–H and O–H groups in total. The van der Waals surface area contributed by atoms with E-state index >= 15 is 0 Å². The van der Waals surface area contributed by atoms with Crippen LogP contribution in [0.2, 0.25) is 0 Å². The quantitative estimate of drug-likeness (QED) is 0.641. The molecule has 0 radical (unpaired) electrons. The number of ether oxygens (including phenoxy) is 1. The lowest BCUT2D eigenvalue weighted by molar-refractivity contribution is -0.0413. The van der Waals surface area contributed by atoms with Crippen molar-refractivity contribution in [3.8, 4) is 0 Å². The van der Waals surface area contributed by atoms with Gasteiger partial charge in [0.25, 0.3) is 0 Å². The number of morpholine rings is 1. The molecule has 0 amide bonds. The van der Waals surface area contributed by atoms with E-state index in [9.17, 15) is 4.39 Å². The Balaban J connectivity index is 1.76. The lowest BCUT2D eigenvalue weighted by Gasteiger charge is -2.32. The van der Waals surface area contributed by atoms with E-state index in [0.717, 1.165) is 25.9 Å². The zero-order valence-electron chi connectivity index (χ0n) is 10.7. The SMILES string of the molecule is N=C(N)c1cccc(CN2CC3CCC(C2)O3)c1F. The Morgan fingerprint density at radius 3 is 2.68 bits per heavy atom. The number of rotatable bonds is 3. The van der Waals surface area contributed by atoms with E-state index in [4.69, 9.17) is 15.9 Å². The molecule has 0 aliphatic carbocycles. The summed E-state index contributed by atoms with van der Waals surface area (Å²) in [5.74, 6) is -0.588. The van der Waals surface area contributed by atoms with Crippen LogP contribution in [0.3, 0.4) is 0 Å². The van der Waals surface area contributed by atoms with Gasteiger partial charge >= 0.3 is 0 Å². The van der Waals surface area contributed by atoms with Crippen LogP contribution in [0.1, 0.15) is 24.0 Å². The summed E-state index contributed by atoms with van der Waals surface area (Å²) in [6, 6.07) is 5.06. The Labute approximate surface area is 111 Å². The molecule has 0 spiro atoms. The lowest BCUT2D eigenvalue weighted by Crippen LogP contribution is -2.42. The Morgan fingerprint density at radius 1 is 1.37 bits per heavy atom. The summed E-state index contributed by atoms with van der Waals surface area (Å²) in [6.45, 7) is 2.28. The number of amidine groups is 1. The summed E-state index contributed by atoms with van der Waals surface area (Å²) in [5, 5.41) is 7.37. The van der Waals surface area contributed by atoms with E-state index < -0.39 is 0 Å². The number of likely N-dealkylation sites (tertiary alicyclic amines) is 1. The zero-order valence-corrected chi connectivity index (χ0v) is 10.7. The molecule has 2 unspecified atom stereocenters. The Bertz CT molecular complexity index is 493. The minimum absolute atomic E-state index is 0.189. The Kier molecular flexibility index (Phi) is 3.24. The number of nitrogens with two attached hydrogens (primary N) is 1. The van der Waals surface area contributed by atoms with Gasteiger partial charge in [-0.15, -0.1) is 0 Å². The molecule has 2 heterocycles. The van der Waals surface area contributed by atoms with Crippen molar-refractivity contribution in [3.63, 3.8) is 0 Å². The van der Waals surface area contributed by atoms with E-state index in [1.807, 2.05) is 0 Å². The molecule has 19 heavy (non-hydrogen) atoms. The fourth-order valence-electron chi connectivity index (χ4n) is 2.98. The van der Waals surface area contributed by atoms with Gasteiger partial charge in [-0.2, -0.15) is 0 Å². The maximum Gasteiger partial charge on any atom is 0.138 e. The molecular formula is C14H18FN3O. The molecule has 2 aliphatic rings. The van der Waals surface area contributed by atoms with Crippen LogP contribution in [0.4, 0.5) is 4.39 Å². The van der Waals surface area contributed by atoms with Crippen molar-refractivity contribution < 1.29 is 9.13 Å². The highest BCUT2D eigenvalue weighted by atomic mass is 19.1. The predicted molar refractivity (Wildman–Crippen MR) is 70.6 cm³/mol. The fourth-order valence-corrected chi connectivity index (χ4v) is 2.98. The first-order valence-electron chi connectivity index (χ1n) is 6.63. The molecule has 1 aromatic carbocycles. The molecule has 2 bridgehead atoms. The third-order valence-corrected chi connectivity index (χ3v) is 3.88. The van der Waals surface area contributed by atoms with E-state index in [2.05, 4.69) is 4.90 Å². The number of nitrogens with one attached hydrogen (secondary N) is 1. The fraction of sp³-hybridized carbons (Fsp3) is 0.500. The smallest absolute Gasteiger partial charge is 0.138 e. The van der Waals surface area contributed by atoms with Gasteiger partial charge < -0.3 is 10.5 Å². The van der Waals surface area contributed by atoms with Gasteiger partial charge in [-0.1, -0.05) is 12.1 Å². The van der Waals surface area contributed by atoms with E-state index in [0.29, 0.717) is 24.3 Å². The standard InChI is InChI=1S/C14H18FN3O/c15-13-9(2-1-3-12(13)14(16)17)6-18-7-10-4-5-11(8-18)19-10/h1-3,10-11H,4-8H2,(H3,16,17). The predicted octanol–water partition coefficient (Wildman–Crippen LogP) is 1.47. The molecule has 5 heteroatoms. The summed E-state index contributed by atoms with van der Waals surface area (Å²) in [6.07, 6.45) is 2.82. The normalized spacial score (nSPS) is 26.6. The van der Waals surface area contributed by atoms with Gasteiger partial charge in [0.2, 0.25) is 0 Å². The number of hydrogen-bond acceptors (Lipinski definition) is 3. The van der Waals surface area contributed by atoms with Gasteiger partial charge in [0.1, 0.15) is 11.7 Å². The highest BCUT2D eigenvalue weighted by Crippen LogP contribution is 2.27. The van der Waals surface area contributed by atoms with Crippen LogP contribution in [0.25, 0.3) is 0 Å². The van der Waals surface area contributed by atoms with Crippen molar-refractivity contribution in [2.75, 3.05) is 13.1 Å². The van der Waals surface area contributed by atoms with Crippen LogP contribution in [0.5, 0.6) is 0 Å². The first-order valence-corrected chi connectivity index (χ1v) is 6.63. The van der Waals surface area contributed by atoms with Crippen LogP contribution in [-0.4, -0.2) is 36.0 Å². The molecule has 1 aromatic rings. The first-order chi connectivity index (χ1) is 9.13. The van der Waals surface area contributed by atoms with Crippen molar-refractivity contribution in [2.24, 2.45) is 5.73 Å². The summed E-state index contributed by atoms with van der Waals surface area (Å²) in [5.41, 5.74) is 6.17. The van der Waals surface area contributed by atoms with Gasteiger partial charge in [-0.3, -0.25) is 10.3 Å². The van der Waals surface area contributed by atoms with Crippen LogP contribution in [-0.2, 0) is 11.3 Å². The molecule has 102 valence electrons. The van der Waals surface area contributed by atoms with Gasteiger partial charge in [0, 0.05) is 25.2 Å². The highest BCUT2D eigenvalue weighted by Gasteiger charge is 2.33. The number of halogens is 1. The molecule has 2 saturated heterocycles. The number of nitrogen functional groups attached to an aromatic ring is 1. The van der Waals surface area contributed by atoms with Crippen LogP contribution in [0, 0.1) is 11.2 Å². The number of hydrogen-bond donors (Lipinski definition) is 2. The molecule has 4 nitrogen and oxygen atoms in total. The van der Waals surface area contributed by atoms with Crippen molar-refractivity contribution >= 4 is 5.84 Å². The van der Waals surface area contributed by atoms with Crippen molar-refractivity contribution in [1.82, 2.24) is 4.90 Å². The number of benzene rings is 1. The topological polar surface area (TPSA) is 62.3 Å². The monoisotopic (exact) mass is 263 g/mol. The zero-order chi connectivity index (χ0) is 13.4. The van der Waals surface area contributed by atoms with Gasteiger partial charge in [0.15, 0.2) is 0 Å². The average molecular weight is 263 g/mol. The third-order valence-electron chi connectivity index (χ3n) is 3.88.